The van der Waals surface area contributed by atoms with Gasteiger partial charge in [0.15, 0.2) is 0 Å². The zero-order valence-electron chi connectivity index (χ0n) is 27.5. The smallest absolute Gasteiger partial charge is 0.410 e. The van der Waals surface area contributed by atoms with Crippen molar-refractivity contribution in [3.05, 3.63) is 65.3 Å². The van der Waals surface area contributed by atoms with Gasteiger partial charge in [0.05, 0.1) is 47.9 Å². The van der Waals surface area contributed by atoms with Crippen LogP contribution in [0.1, 0.15) is 39.4 Å². The van der Waals surface area contributed by atoms with Gasteiger partial charge in [0.2, 0.25) is 0 Å². The molecular formula is C35H34F2N6O5S. The number of ether oxygens (including phenoxy) is 2. The minimum Gasteiger partial charge on any atom is -0.507 e. The maximum absolute atomic E-state index is 16.0. The van der Waals surface area contributed by atoms with Crippen LogP contribution in [0, 0.1) is 11.6 Å². The number of phenolic OH excluding ortho intramolecular Hbond substituents is 1. The second-order valence-electron chi connectivity index (χ2n) is 12.9. The molecule has 1 aliphatic rings. The van der Waals surface area contributed by atoms with Crippen molar-refractivity contribution in [3.8, 4) is 45.3 Å². The molecule has 14 heteroatoms. The number of carbonyl (C=O) groups is 1. The van der Waals surface area contributed by atoms with Crippen molar-refractivity contribution < 1.29 is 33.3 Å². The van der Waals surface area contributed by atoms with Crippen molar-refractivity contribution in [2.45, 2.75) is 45.9 Å². The molecule has 7 rings (SSSR count). The molecule has 5 heterocycles. The highest BCUT2D eigenvalue weighted by Crippen LogP contribution is 2.48. The molecule has 0 aliphatic carbocycles. The number of benzene rings is 2. The van der Waals surface area contributed by atoms with Crippen LogP contribution in [0.25, 0.3) is 54.8 Å². The molecule has 0 spiro atoms. The number of hydrogen-bond acceptors (Lipinski definition) is 9. The monoisotopic (exact) mass is 688 g/mol. The first kappa shape index (κ1) is 32.5. The van der Waals surface area contributed by atoms with Crippen molar-refractivity contribution in [1.82, 2.24) is 29.4 Å². The predicted octanol–water partition coefficient (Wildman–Crippen LogP) is 7.05. The Labute approximate surface area is 283 Å². The van der Waals surface area contributed by atoms with Crippen molar-refractivity contribution in [2.24, 2.45) is 7.05 Å². The second-order valence-corrected chi connectivity index (χ2v) is 13.8. The quantitative estimate of drug-likeness (QED) is 0.191. The van der Waals surface area contributed by atoms with Crippen LogP contribution >= 0.6 is 11.3 Å². The third-order valence-electron chi connectivity index (χ3n) is 8.47. The van der Waals surface area contributed by atoms with Crippen molar-refractivity contribution >= 4 is 38.4 Å². The van der Waals surface area contributed by atoms with Crippen molar-refractivity contribution in [3.63, 3.8) is 0 Å². The summed E-state index contributed by atoms with van der Waals surface area (Å²) in [6.45, 7) is 7.47. The molecule has 2 N–H and O–H groups in total. The molecule has 0 fully saturated rings. The van der Waals surface area contributed by atoms with E-state index in [1.54, 1.807) is 45.7 Å². The number of aliphatic hydroxyl groups is 1. The third-order valence-corrected chi connectivity index (χ3v) is 9.41. The van der Waals surface area contributed by atoms with Gasteiger partial charge in [-0.25, -0.2) is 18.6 Å². The van der Waals surface area contributed by atoms with E-state index in [0.717, 1.165) is 23.0 Å². The third kappa shape index (κ3) is 5.74. The molecular weight excluding hydrogens is 654 g/mol. The van der Waals surface area contributed by atoms with E-state index >= 15 is 4.39 Å². The highest BCUT2D eigenvalue weighted by molar-refractivity contribution is 7.18. The van der Waals surface area contributed by atoms with E-state index in [2.05, 4.69) is 5.10 Å². The minimum absolute atomic E-state index is 0.0273. The number of halogens is 2. The van der Waals surface area contributed by atoms with Gasteiger partial charge in [0.1, 0.15) is 46.7 Å². The van der Waals surface area contributed by atoms with E-state index in [1.165, 1.54) is 11.3 Å². The van der Waals surface area contributed by atoms with Crippen LogP contribution in [0.15, 0.2) is 48.0 Å². The summed E-state index contributed by atoms with van der Waals surface area (Å²) < 4.78 is 46.0. The summed E-state index contributed by atoms with van der Waals surface area (Å²) in [6, 6.07) is 8.49. The number of hydrogen-bond donors (Lipinski definition) is 2. The Morgan fingerprint density at radius 1 is 1.10 bits per heavy atom. The molecule has 2 aromatic carbocycles. The highest BCUT2D eigenvalue weighted by Gasteiger charge is 2.34. The lowest BCUT2D eigenvalue weighted by Crippen LogP contribution is -2.43. The first-order valence-corrected chi connectivity index (χ1v) is 16.6. The van der Waals surface area contributed by atoms with Crippen LogP contribution in [-0.4, -0.2) is 71.1 Å². The zero-order valence-corrected chi connectivity index (χ0v) is 28.3. The van der Waals surface area contributed by atoms with Gasteiger partial charge in [-0.1, -0.05) is 0 Å². The summed E-state index contributed by atoms with van der Waals surface area (Å²) in [5.41, 5.74) is 2.52. The number of phenols is 1. The lowest BCUT2D eigenvalue weighted by atomic mass is 9.95. The fourth-order valence-corrected chi connectivity index (χ4v) is 7.22. The van der Waals surface area contributed by atoms with E-state index < -0.39 is 29.4 Å². The molecule has 6 aromatic rings. The van der Waals surface area contributed by atoms with Gasteiger partial charge in [-0.05, 0) is 51.3 Å². The average molecular weight is 689 g/mol. The van der Waals surface area contributed by atoms with Gasteiger partial charge >= 0.3 is 6.09 Å². The van der Waals surface area contributed by atoms with Gasteiger partial charge in [0.25, 0.3) is 0 Å². The molecule has 0 saturated heterocycles. The SMILES string of the molecule is C[C@@H]1c2cc(-c3nc(-c4cc5cnn(C)c5cc4O)c4ccsc4c3-c3c(F)cc(F)cc3OCCO)nn2CCN1C(=O)OC(C)(C)C. The van der Waals surface area contributed by atoms with Crippen LogP contribution in [0.3, 0.4) is 0 Å². The molecule has 49 heavy (non-hydrogen) atoms. The van der Waals surface area contributed by atoms with E-state index in [1.807, 2.05) is 39.1 Å². The fraction of sp³-hybridized carbons (Fsp3) is 0.314. The first-order valence-electron chi connectivity index (χ1n) is 15.7. The zero-order chi connectivity index (χ0) is 34.8. The maximum atomic E-state index is 16.0. The lowest BCUT2D eigenvalue weighted by molar-refractivity contribution is 0.0120. The number of aryl methyl sites for hydroxylation is 1. The van der Waals surface area contributed by atoms with E-state index in [-0.39, 0.29) is 36.0 Å². The molecule has 1 amide bonds. The number of pyridine rings is 1. The number of amides is 1. The summed E-state index contributed by atoms with van der Waals surface area (Å²) in [7, 11) is 1.78. The van der Waals surface area contributed by atoms with Gasteiger partial charge in [-0.2, -0.15) is 10.2 Å². The number of aromatic nitrogens is 5. The number of aliphatic hydroxyl groups excluding tert-OH is 1. The summed E-state index contributed by atoms with van der Waals surface area (Å²) >= 11 is 1.32. The van der Waals surface area contributed by atoms with Gasteiger partial charge in [0, 0.05) is 58.4 Å². The van der Waals surface area contributed by atoms with Gasteiger partial charge in [-0.15, -0.1) is 11.3 Å². The van der Waals surface area contributed by atoms with Crippen LogP contribution in [0.2, 0.25) is 0 Å². The molecule has 4 aromatic heterocycles. The number of aromatic hydroxyl groups is 1. The van der Waals surface area contributed by atoms with Crippen LogP contribution < -0.4 is 4.74 Å². The highest BCUT2D eigenvalue weighted by atomic mass is 32.1. The lowest BCUT2D eigenvalue weighted by Gasteiger charge is -2.35. The van der Waals surface area contributed by atoms with Gasteiger partial charge < -0.3 is 19.7 Å². The number of thiophene rings is 1. The Kier molecular flexibility index (Phi) is 8.02. The minimum atomic E-state index is -0.883. The Morgan fingerprint density at radius 2 is 1.90 bits per heavy atom. The van der Waals surface area contributed by atoms with E-state index in [4.69, 9.17) is 19.6 Å². The van der Waals surface area contributed by atoms with Gasteiger partial charge in [-0.3, -0.25) is 14.3 Å². The Balaban J connectivity index is 1.48. The average Bonchev–Trinajstić information content (AvgIpc) is 3.78. The summed E-state index contributed by atoms with van der Waals surface area (Å²) in [5, 5.41) is 33.2. The van der Waals surface area contributed by atoms with E-state index in [9.17, 15) is 19.4 Å². The molecule has 0 radical (unpaired) electrons. The Bertz CT molecular complexity index is 2260. The molecule has 0 saturated carbocycles. The summed E-state index contributed by atoms with van der Waals surface area (Å²) in [6.07, 6.45) is 1.24. The molecule has 0 bridgehead atoms. The standard InChI is InChI=1S/C35H34F2N6O5S/c1-18-25-15-24(40-43(25)8-7-42(18)34(46)48-35(2,3)4)32-30(29-23(37)13-20(36)14-28(29)47-10-9-44)33-21(6-11-49-33)31(39-32)22-12-19-17-38-41(5)26(19)16-27(22)45/h6,11-18,44-45H,7-10H2,1-5H3/t18-/m1/s1. The first-order chi connectivity index (χ1) is 23.3. The molecule has 1 atom stereocenters. The topological polar surface area (TPSA) is 128 Å². The number of fused-ring (bicyclic) bond motifs is 3. The van der Waals surface area contributed by atoms with Crippen molar-refractivity contribution in [2.75, 3.05) is 19.8 Å². The predicted molar refractivity (Wildman–Crippen MR) is 182 cm³/mol. The normalized spacial score (nSPS) is 14.9. The van der Waals surface area contributed by atoms with Crippen molar-refractivity contribution in [1.29, 1.82) is 0 Å². The largest absolute Gasteiger partial charge is 0.507 e. The van der Waals surface area contributed by atoms with E-state index in [0.29, 0.717) is 51.4 Å². The maximum Gasteiger partial charge on any atom is 0.410 e. The molecule has 11 nitrogen and oxygen atoms in total. The van der Waals surface area contributed by atoms with Crippen LogP contribution in [0.5, 0.6) is 11.5 Å². The molecule has 254 valence electrons. The summed E-state index contributed by atoms with van der Waals surface area (Å²) in [4.78, 5) is 19.8. The fourth-order valence-electron chi connectivity index (χ4n) is 6.28. The number of nitrogens with zero attached hydrogens (tertiary/aromatic N) is 6. The summed E-state index contributed by atoms with van der Waals surface area (Å²) in [5.74, 6) is -1.86. The number of carbonyl (C=O) groups excluding carboxylic acids is 1. The number of rotatable bonds is 6. The molecule has 1 aliphatic heterocycles. The Hall–Kier alpha value is -5.08. The Morgan fingerprint density at radius 3 is 2.65 bits per heavy atom. The van der Waals surface area contributed by atoms with Crippen LogP contribution in [-0.2, 0) is 18.3 Å². The van der Waals surface area contributed by atoms with Crippen LogP contribution in [0.4, 0.5) is 13.6 Å². The molecule has 0 unspecified atom stereocenters. The second kappa shape index (κ2) is 12.1.